The predicted molar refractivity (Wildman–Crippen MR) is 71.7 cm³/mol. The maximum absolute atomic E-state index is 10.0. The molecule has 0 aromatic heterocycles. The van der Waals surface area contributed by atoms with E-state index >= 15 is 0 Å². The smallest absolute Gasteiger partial charge is 0.0756 e. The Hall–Kier alpha value is -0.600. The summed E-state index contributed by atoms with van der Waals surface area (Å²) in [7, 11) is 0. The minimum Gasteiger partial charge on any atom is -0.389 e. The van der Waals surface area contributed by atoms with Gasteiger partial charge in [-0.25, -0.2) is 0 Å². The lowest BCUT2D eigenvalue weighted by atomic mass is 9.77. The minimum absolute atomic E-state index is 0.194. The van der Waals surface area contributed by atoms with Gasteiger partial charge in [0, 0.05) is 0 Å². The van der Waals surface area contributed by atoms with E-state index in [1.807, 2.05) is 13.0 Å². The molecule has 1 unspecified atom stereocenters. The highest BCUT2D eigenvalue weighted by Crippen LogP contribution is 2.32. The molecule has 17 heavy (non-hydrogen) atoms. The Morgan fingerprint density at radius 1 is 1.47 bits per heavy atom. The molecule has 4 atom stereocenters. The highest BCUT2D eigenvalue weighted by Gasteiger charge is 2.30. The van der Waals surface area contributed by atoms with Crippen LogP contribution in [0.25, 0.3) is 0 Å². The van der Waals surface area contributed by atoms with Crippen LogP contribution in [0.4, 0.5) is 0 Å². The molecule has 0 fully saturated rings. The molecule has 1 aliphatic rings. The summed E-state index contributed by atoms with van der Waals surface area (Å²) in [6, 6.07) is 0. The molecule has 0 saturated carbocycles. The van der Waals surface area contributed by atoms with E-state index in [1.165, 1.54) is 5.57 Å². The van der Waals surface area contributed by atoms with Crippen LogP contribution in [0.3, 0.4) is 0 Å². The number of allylic oxidation sites excluding steroid dienone is 2. The topological polar surface area (TPSA) is 40.5 Å². The molecule has 2 heteroatoms. The standard InChI is InChI=1S/C15H26O2/c1-10(2)6-5-7-11(3)13-9-14(16)12(4)8-15(13)17/h6,8,11,13-17H,5,7,9H2,1-4H3/t11-,13?,14+,15+/m0/s1. The highest BCUT2D eigenvalue weighted by atomic mass is 16.3. The number of aliphatic hydroxyl groups is 2. The van der Waals surface area contributed by atoms with Crippen molar-refractivity contribution in [1.29, 1.82) is 0 Å². The first kappa shape index (κ1) is 14.5. The van der Waals surface area contributed by atoms with Gasteiger partial charge in [0.05, 0.1) is 12.2 Å². The lowest BCUT2D eigenvalue weighted by Crippen LogP contribution is -2.34. The quantitative estimate of drug-likeness (QED) is 0.739. The Labute approximate surface area is 105 Å². The van der Waals surface area contributed by atoms with Crippen LogP contribution in [0.1, 0.15) is 47.0 Å². The van der Waals surface area contributed by atoms with Crippen LogP contribution in [0, 0.1) is 11.8 Å². The third-order valence-electron chi connectivity index (χ3n) is 3.80. The number of hydrogen-bond acceptors (Lipinski definition) is 2. The monoisotopic (exact) mass is 238 g/mol. The van der Waals surface area contributed by atoms with Crippen molar-refractivity contribution in [2.75, 3.05) is 0 Å². The van der Waals surface area contributed by atoms with Crippen molar-refractivity contribution in [3.8, 4) is 0 Å². The molecule has 0 heterocycles. The average molecular weight is 238 g/mol. The van der Waals surface area contributed by atoms with Gasteiger partial charge in [0.15, 0.2) is 0 Å². The Bertz CT molecular complexity index is 300. The molecule has 0 spiro atoms. The third kappa shape index (κ3) is 4.29. The molecule has 0 aliphatic heterocycles. The van der Waals surface area contributed by atoms with E-state index < -0.39 is 0 Å². The van der Waals surface area contributed by atoms with Gasteiger partial charge in [0.2, 0.25) is 0 Å². The normalized spacial score (nSPS) is 30.7. The molecule has 0 aromatic rings. The molecule has 0 saturated heterocycles. The van der Waals surface area contributed by atoms with Crippen molar-refractivity contribution < 1.29 is 10.2 Å². The van der Waals surface area contributed by atoms with Crippen molar-refractivity contribution in [2.45, 2.75) is 59.2 Å². The van der Waals surface area contributed by atoms with Crippen molar-refractivity contribution in [3.63, 3.8) is 0 Å². The van der Waals surface area contributed by atoms with Crippen LogP contribution in [-0.2, 0) is 0 Å². The van der Waals surface area contributed by atoms with Gasteiger partial charge >= 0.3 is 0 Å². The zero-order valence-corrected chi connectivity index (χ0v) is 11.5. The summed E-state index contributed by atoms with van der Waals surface area (Å²) >= 11 is 0. The number of hydrogen-bond donors (Lipinski definition) is 2. The Morgan fingerprint density at radius 2 is 2.12 bits per heavy atom. The minimum atomic E-state index is -0.389. The van der Waals surface area contributed by atoms with E-state index in [0.717, 1.165) is 18.4 Å². The van der Waals surface area contributed by atoms with Gasteiger partial charge in [-0.05, 0) is 57.4 Å². The van der Waals surface area contributed by atoms with E-state index in [1.54, 1.807) is 0 Å². The van der Waals surface area contributed by atoms with E-state index in [2.05, 4.69) is 26.8 Å². The van der Waals surface area contributed by atoms with Gasteiger partial charge in [-0.15, -0.1) is 0 Å². The summed E-state index contributed by atoms with van der Waals surface area (Å²) < 4.78 is 0. The average Bonchev–Trinajstić information content (AvgIpc) is 2.22. The molecule has 0 aromatic carbocycles. The van der Waals surface area contributed by atoms with Crippen molar-refractivity contribution in [2.24, 2.45) is 11.8 Å². The first-order valence-corrected chi connectivity index (χ1v) is 6.59. The van der Waals surface area contributed by atoms with E-state index in [-0.39, 0.29) is 18.1 Å². The molecule has 2 nitrogen and oxygen atoms in total. The summed E-state index contributed by atoms with van der Waals surface area (Å²) in [6.45, 7) is 8.28. The molecule has 0 radical (unpaired) electrons. The summed E-state index contributed by atoms with van der Waals surface area (Å²) in [5.74, 6) is 0.638. The zero-order valence-electron chi connectivity index (χ0n) is 11.5. The van der Waals surface area contributed by atoms with E-state index in [9.17, 15) is 10.2 Å². The van der Waals surface area contributed by atoms with Crippen LogP contribution >= 0.6 is 0 Å². The second-order valence-electron chi connectivity index (χ2n) is 5.65. The molecular weight excluding hydrogens is 212 g/mol. The number of aliphatic hydroxyl groups excluding tert-OH is 2. The molecule has 1 aliphatic carbocycles. The second kappa shape index (κ2) is 6.36. The first-order valence-electron chi connectivity index (χ1n) is 6.59. The Morgan fingerprint density at radius 3 is 2.71 bits per heavy atom. The van der Waals surface area contributed by atoms with E-state index in [0.29, 0.717) is 12.3 Å². The molecule has 0 bridgehead atoms. The largest absolute Gasteiger partial charge is 0.389 e. The zero-order chi connectivity index (χ0) is 13.0. The van der Waals surface area contributed by atoms with Crippen LogP contribution in [0.2, 0.25) is 0 Å². The summed E-state index contributed by atoms with van der Waals surface area (Å²) in [5.41, 5.74) is 2.25. The lowest BCUT2D eigenvalue weighted by Gasteiger charge is -2.33. The van der Waals surface area contributed by atoms with Gasteiger partial charge in [0.1, 0.15) is 0 Å². The third-order valence-corrected chi connectivity index (χ3v) is 3.80. The second-order valence-corrected chi connectivity index (χ2v) is 5.65. The molecular formula is C15H26O2. The fraction of sp³-hybridized carbons (Fsp3) is 0.733. The molecule has 1 rings (SSSR count). The number of rotatable bonds is 4. The summed E-state index contributed by atoms with van der Waals surface area (Å²) in [4.78, 5) is 0. The molecule has 2 N–H and O–H groups in total. The summed E-state index contributed by atoms with van der Waals surface area (Å²) in [6.07, 6.45) is 6.13. The molecule has 98 valence electrons. The van der Waals surface area contributed by atoms with Crippen molar-refractivity contribution >= 4 is 0 Å². The fourth-order valence-electron chi connectivity index (χ4n) is 2.51. The van der Waals surface area contributed by atoms with E-state index in [4.69, 9.17) is 0 Å². The van der Waals surface area contributed by atoms with Gasteiger partial charge in [0.25, 0.3) is 0 Å². The predicted octanol–water partition coefficient (Wildman–Crippen LogP) is 3.06. The van der Waals surface area contributed by atoms with Crippen LogP contribution in [-0.4, -0.2) is 22.4 Å². The van der Waals surface area contributed by atoms with Gasteiger partial charge in [-0.2, -0.15) is 0 Å². The fourth-order valence-corrected chi connectivity index (χ4v) is 2.51. The Kier molecular flexibility index (Phi) is 5.41. The van der Waals surface area contributed by atoms with Gasteiger partial charge < -0.3 is 10.2 Å². The van der Waals surface area contributed by atoms with Crippen molar-refractivity contribution in [3.05, 3.63) is 23.3 Å². The van der Waals surface area contributed by atoms with Crippen LogP contribution in [0.15, 0.2) is 23.3 Å². The maximum atomic E-state index is 10.0. The first-order chi connectivity index (χ1) is 7.91. The van der Waals surface area contributed by atoms with Gasteiger partial charge in [-0.3, -0.25) is 0 Å². The summed E-state index contributed by atoms with van der Waals surface area (Å²) in [5, 5.41) is 19.9. The van der Waals surface area contributed by atoms with Crippen molar-refractivity contribution in [1.82, 2.24) is 0 Å². The lowest BCUT2D eigenvalue weighted by molar-refractivity contribution is 0.0543. The van der Waals surface area contributed by atoms with Crippen LogP contribution in [0.5, 0.6) is 0 Å². The highest BCUT2D eigenvalue weighted by molar-refractivity contribution is 5.13. The molecule has 0 amide bonds. The Balaban J connectivity index is 2.52. The maximum Gasteiger partial charge on any atom is 0.0756 e. The van der Waals surface area contributed by atoms with Gasteiger partial charge in [-0.1, -0.05) is 24.6 Å². The SMILES string of the molecule is CC(C)=CCC[C@H](C)C1C[C@@H](O)C(C)=C[C@H]1O. The van der Waals surface area contributed by atoms with Crippen LogP contribution < -0.4 is 0 Å².